The van der Waals surface area contributed by atoms with Crippen molar-refractivity contribution in [2.45, 2.75) is 12.5 Å². The van der Waals surface area contributed by atoms with Crippen molar-refractivity contribution in [3.05, 3.63) is 83.8 Å². The summed E-state index contributed by atoms with van der Waals surface area (Å²) < 4.78 is 21.4. The third-order valence-corrected chi connectivity index (χ3v) is 4.42. The quantitative estimate of drug-likeness (QED) is 0.590. The lowest BCUT2D eigenvalue weighted by Crippen LogP contribution is -2.32. The molecule has 1 amide bonds. The van der Waals surface area contributed by atoms with Gasteiger partial charge in [0.05, 0.1) is 6.42 Å². The van der Waals surface area contributed by atoms with Crippen LogP contribution >= 0.6 is 0 Å². The molecule has 0 aliphatic heterocycles. The van der Waals surface area contributed by atoms with Crippen LogP contribution in [0.2, 0.25) is 0 Å². The van der Waals surface area contributed by atoms with Crippen molar-refractivity contribution < 1.29 is 13.7 Å². The van der Waals surface area contributed by atoms with Crippen LogP contribution in [-0.2, 0) is 18.3 Å². The van der Waals surface area contributed by atoms with Crippen molar-refractivity contribution in [1.29, 1.82) is 0 Å². The molecule has 2 aromatic carbocycles. The van der Waals surface area contributed by atoms with E-state index in [4.69, 9.17) is 4.52 Å². The number of nitrogens with zero attached hydrogens (tertiary/aromatic N) is 3. The molecule has 6 nitrogen and oxygen atoms in total. The summed E-state index contributed by atoms with van der Waals surface area (Å²) in [5, 5.41) is 7.64. The maximum Gasteiger partial charge on any atom is 0.227 e. The van der Waals surface area contributed by atoms with Crippen molar-refractivity contribution >= 4 is 16.9 Å². The second-order valence-electron chi connectivity index (χ2n) is 6.22. The highest BCUT2D eigenvalue weighted by atomic mass is 19.1. The molecule has 0 fully saturated rings. The predicted octanol–water partition coefficient (Wildman–Crippen LogP) is 3.15. The molecule has 2 aromatic heterocycles. The number of benzene rings is 2. The van der Waals surface area contributed by atoms with Crippen LogP contribution in [0.4, 0.5) is 4.39 Å². The van der Waals surface area contributed by atoms with Gasteiger partial charge < -0.3 is 14.4 Å². The molecule has 2 heterocycles. The Balaban J connectivity index is 1.63. The predicted molar refractivity (Wildman–Crippen MR) is 97.3 cm³/mol. The van der Waals surface area contributed by atoms with Gasteiger partial charge in [0.1, 0.15) is 23.4 Å². The minimum Gasteiger partial charge on any atom is -0.356 e. The van der Waals surface area contributed by atoms with Crippen molar-refractivity contribution in [3.63, 3.8) is 0 Å². The maximum absolute atomic E-state index is 14.4. The summed E-state index contributed by atoms with van der Waals surface area (Å²) >= 11 is 0. The van der Waals surface area contributed by atoms with Gasteiger partial charge in [-0.3, -0.25) is 4.79 Å². The first-order chi connectivity index (χ1) is 13.1. The molecule has 4 rings (SSSR count). The Morgan fingerprint density at radius 3 is 2.78 bits per heavy atom. The molecule has 7 heteroatoms. The van der Waals surface area contributed by atoms with Gasteiger partial charge in [-0.2, -0.15) is 0 Å². The maximum atomic E-state index is 14.4. The van der Waals surface area contributed by atoms with E-state index in [1.165, 1.54) is 6.07 Å². The normalized spacial score (nSPS) is 12.2. The number of carbonyl (C=O) groups excluding carboxylic acids is 1. The molecule has 1 N–H and O–H groups in total. The number of rotatable bonds is 5. The summed E-state index contributed by atoms with van der Waals surface area (Å²) in [4.78, 5) is 17.0. The SMILES string of the molecule is Cn1ccnc1C(NC(=O)Cc1noc2ccccc12)c1ccccc1F. The molecule has 1 atom stereocenters. The monoisotopic (exact) mass is 364 g/mol. The lowest BCUT2D eigenvalue weighted by molar-refractivity contribution is -0.121. The average molecular weight is 364 g/mol. The Morgan fingerprint density at radius 2 is 2.00 bits per heavy atom. The van der Waals surface area contributed by atoms with Crippen molar-refractivity contribution in [2.24, 2.45) is 7.05 Å². The molecule has 0 spiro atoms. The molecule has 4 aromatic rings. The number of aromatic nitrogens is 3. The highest BCUT2D eigenvalue weighted by Crippen LogP contribution is 2.24. The van der Waals surface area contributed by atoms with Crippen LogP contribution in [0.1, 0.15) is 23.1 Å². The molecule has 0 aliphatic rings. The van der Waals surface area contributed by atoms with E-state index in [-0.39, 0.29) is 12.3 Å². The van der Waals surface area contributed by atoms with Gasteiger partial charge in [-0.1, -0.05) is 35.5 Å². The van der Waals surface area contributed by atoms with Crippen molar-refractivity contribution in [2.75, 3.05) is 0 Å². The van der Waals surface area contributed by atoms with Gasteiger partial charge >= 0.3 is 0 Å². The Kier molecular flexibility index (Phi) is 4.42. The number of imidazole rings is 1. The van der Waals surface area contributed by atoms with E-state index in [9.17, 15) is 9.18 Å². The number of halogens is 1. The fourth-order valence-electron chi connectivity index (χ4n) is 3.08. The number of nitrogens with one attached hydrogen (secondary N) is 1. The van der Waals surface area contributed by atoms with E-state index in [1.807, 2.05) is 18.2 Å². The van der Waals surface area contributed by atoms with Crippen LogP contribution in [0.15, 0.2) is 65.4 Å². The number of amides is 1. The molecular formula is C20H17FN4O2. The molecule has 0 bridgehead atoms. The summed E-state index contributed by atoms with van der Waals surface area (Å²) in [5.41, 5.74) is 1.51. The Morgan fingerprint density at radius 1 is 1.22 bits per heavy atom. The van der Waals surface area contributed by atoms with Crippen LogP contribution in [0.5, 0.6) is 0 Å². The largest absolute Gasteiger partial charge is 0.356 e. The number of hydrogen-bond acceptors (Lipinski definition) is 4. The van der Waals surface area contributed by atoms with E-state index >= 15 is 0 Å². The summed E-state index contributed by atoms with van der Waals surface area (Å²) in [5.74, 6) is -0.165. The molecular weight excluding hydrogens is 347 g/mol. The van der Waals surface area contributed by atoms with E-state index in [2.05, 4.69) is 15.5 Å². The van der Waals surface area contributed by atoms with Crippen LogP contribution in [0.3, 0.4) is 0 Å². The Labute approximate surface area is 154 Å². The van der Waals surface area contributed by atoms with Gasteiger partial charge in [0.25, 0.3) is 0 Å². The highest BCUT2D eigenvalue weighted by Gasteiger charge is 2.24. The second-order valence-corrected chi connectivity index (χ2v) is 6.22. The van der Waals surface area contributed by atoms with Crippen molar-refractivity contribution in [3.8, 4) is 0 Å². The number of para-hydroxylation sites is 1. The second kappa shape index (κ2) is 7.03. The molecule has 0 saturated carbocycles. The topological polar surface area (TPSA) is 73.0 Å². The first-order valence-corrected chi connectivity index (χ1v) is 8.48. The minimum absolute atomic E-state index is 0.0202. The Bertz CT molecular complexity index is 1100. The zero-order valence-corrected chi connectivity index (χ0v) is 14.6. The molecule has 1 unspecified atom stereocenters. The molecule has 0 radical (unpaired) electrons. The fraction of sp³-hybridized carbons (Fsp3) is 0.150. The lowest BCUT2D eigenvalue weighted by Gasteiger charge is -2.19. The summed E-state index contributed by atoms with van der Waals surface area (Å²) in [6.07, 6.45) is 3.38. The molecule has 0 aliphatic carbocycles. The number of fused-ring (bicyclic) bond motifs is 1. The van der Waals surface area contributed by atoms with Crippen molar-refractivity contribution in [1.82, 2.24) is 20.0 Å². The molecule has 0 saturated heterocycles. The van der Waals surface area contributed by atoms with E-state index in [1.54, 1.807) is 48.3 Å². The number of hydrogen-bond donors (Lipinski definition) is 1. The van der Waals surface area contributed by atoms with E-state index in [0.29, 0.717) is 22.7 Å². The number of aryl methyl sites for hydroxylation is 1. The zero-order valence-electron chi connectivity index (χ0n) is 14.6. The van der Waals surface area contributed by atoms with Gasteiger partial charge in [0, 0.05) is 30.4 Å². The molecule has 27 heavy (non-hydrogen) atoms. The van der Waals surface area contributed by atoms with Crippen LogP contribution in [0, 0.1) is 5.82 Å². The van der Waals surface area contributed by atoms with E-state index in [0.717, 1.165) is 5.39 Å². The zero-order chi connectivity index (χ0) is 18.8. The first kappa shape index (κ1) is 17.0. The average Bonchev–Trinajstić information content (AvgIpc) is 3.27. The summed E-state index contributed by atoms with van der Waals surface area (Å²) in [6, 6.07) is 13.0. The fourth-order valence-corrected chi connectivity index (χ4v) is 3.08. The minimum atomic E-state index is -0.711. The smallest absolute Gasteiger partial charge is 0.227 e. The van der Waals surface area contributed by atoms with Crippen LogP contribution < -0.4 is 5.32 Å². The van der Waals surface area contributed by atoms with E-state index < -0.39 is 11.9 Å². The summed E-state index contributed by atoms with van der Waals surface area (Å²) in [6.45, 7) is 0. The van der Waals surface area contributed by atoms with Gasteiger partial charge in [-0.15, -0.1) is 0 Å². The number of carbonyl (C=O) groups is 1. The van der Waals surface area contributed by atoms with Gasteiger partial charge in [0.15, 0.2) is 5.58 Å². The first-order valence-electron chi connectivity index (χ1n) is 8.48. The van der Waals surface area contributed by atoms with Crippen LogP contribution in [-0.4, -0.2) is 20.6 Å². The standard InChI is InChI=1S/C20H17FN4O2/c1-25-11-10-22-20(25)19(13-6-2-4-8-15(13)21)23-18(26)12-16-14-7-3-5-9-17(14)27-24-16/h2-11,19H,12H2,1H3,(H,23,26). The Hall–Kier alpha value is -3.48. The van der Waals surface area contributed by atoms with Gasteiger partial charge in [-0.25, -0.2) is 9.37 Å². The summed E-state index contributed by atoms with van der Waals surface area (Å²) in [7, 11) is 1.80. The highest BCUT2D eigenvalue weighted by molar-refractivity contribution is 5.86. The lowest BCUT2D eigenvalue weighted by atomic mass is 10.0. The third-order valence-electron chi connectivity index (χ3n) is 4.42. The van der Waals surface area contributed by atoms with Gasteiger partial charge in [0.2, 0.25) is 5.91 Å². The van der Waals surface area contributed by atoms with Gasteiger partial charge in [-0.05, 0) is 18.2 Å². The molecule has 136 valence electrons. The van der Waals surface area contributed by atoms with Crippen LogP contribution in [0.25, 0.3) is 11.0 Å². The third kappa shape index (κ3) is 3.31.